The van der Waals surface area contributed by atoms with Gasteiger partial charge in [0.2, 0.25) is 0 Å². The summed E-state index contributed by atoms with van der Waals surface area (Å²) in [5.74, 6) is 2.50. The van der Waals surface area contributed by atoms with Crippen LogP contribution in [-0.4, -0.2) is 29.9 Å². The molecule has 4 heterocycles. The maximum atomic E-state index is 5.33. The van der Waals surface area contributed by atoms with Gasteiger partial charge in [-0.3, -0.25) is 4.98 Å². The lowest BCUT2D eigenvalue weighted by molar-refractivity contribution is 0.425. The fraction of sp³-hybridized carbons (Fsp3) is 0.188. The molecule has 0 radical (unpaired) electrons. The van der Waals surface area contributed by atoms with Crippen molar-refractivity contribution < 1.29 is 4.52 Å². The van der Waals surface area contributed by atoms with E-state index < -0.39 is 0 Å². The van der Waals surface area contributed by atoms with Crippen molar-refractivity contribution >= 4 is 23.1 Å². The molecule has 7 nitrogen and oxygen atoms in total. The van der Waals surface area contributed by atoms with E-state index in [-0.39, 0.29) is 0 Å². The number of nitrogens with zero attached hydrogens (tertiary/aromatic N) is 6. The summed E-state index contributed by atoms with van der Waals surface area (Å²) in [5.41, 5.74) is 1.87. The summed E-state index contributed by atoms with van der Waals surface area (Å²) in [6, 6.07) is 6.00. The molecule has 9 heteroatoms. The normalized spacial score (nSPS) is 11.1. The number of pyridine rings is 1. The molecule has 0 fully saturated rings. The number of thioether (sulfide) groups is 1. The van der Waals surface area contributed by atoms with E-state index in [1.54, 1.807) is 23.7 Å². The van der Waals surface area contributed by atoms with E-state index in [0.717, 1.165) is 27.0 Å². The van der Waals surface area contributed by atoms with E-state index in [4.69, 9.17) is 4.52 Å². The molecule has 0 aliphatic rings. The maximum absolute atomic E-state index is 5.33. The SMILES string of the molecule is Cc1cncc(-c2nc(CSc3nnc(-c4cccs4)n3C)no2)c1. The Labute approximate surface area is 152 Å². The molecule has 0 N–H and O–H groups in total. The van der Waals surface area contributed by atoms with Gasteiger partial charge in [-0.15, -0.1) is 21.5 Å². The van der Waals surface area contributed by atoms with Crippen molar-refractivity contribution in [3.8, 4) is 22.2 Å². The molecule has 0 spiro atoms. The second kappa shape index (κ2) is 6.77. The molecule has 0 aliphatic heterocycles. The summed E-state index contributed by atoms with van der Waals surface area (Å²) in [6.07, 6.45) is 3.50. The predicted molar refractivity (Wildman–Crippen MR) is 96.1 cm³/mol. The molecule has 0 amide bonds. The van der Waals surface area contributed by atoms with Gasteiger partial charge < -0.3 is 9.09 Å². The second-order valence-corrected chi connectivity index (χ2v) is 7.29. The summed E-state index contributed by atoms with van der Waals surface area (Å²) >= 11 is 3.17. The van der Waals surface area contributed by atoms with Crippen LogP contribution in [0, 0.1) is 6.92 Å². The zero-order chi connectivity index (χ0) is 17.2. The van der Waals surface area contributed by atoms with Crippen LogP contribution in [-0.2, 0) is 12.8 Å². The van der Waals surface area contributed by atoms with Crippen molar-refractivity contribution in [3.05, 3.63) is 47.4 Å². The second-order valence-electron chi connectivity index (χ2n) is 5.40. The van der Waals surface area contributed by atoms with Crippen molar-refractivity contribution in [3.63, 3.8) is 0 Å². The third-order valence-corrected chi connectivity index (χ3v) is 5.38. The molecular weight excluding hydrogens is 356 g/mol. The minimum atomic E-state index is 0.476. The monoisotopic (exact) mass is 370 g/mol. The van der Waals surface area contributed by atoms with Crippen LogP contribution >= 0.6 is 23.1 Å². The minimum Gasteiger partial charge on any atom is -0.334 e. The highest BCUT2D eigenvalue weighted by Gasteiger charge is 2.14. The molecule has 0 saturated carbocycles. The Morgan fingerprint density at radius 2 is 2.20 bits per heavy atom. The Hall–Kier alpha value is -2.52. The number of aryl methyl sites for hydroxylation is 1. The first-order valence-corrected chi connectivity index (χ1v) is 9.38. The standard InChI is InChI=1S/C16H14N6OS2/c1-10-6-11(8-17-7-10)15-18-13(21-23-15)9-25-16-20-19-14(22(16)2)12-4-3-5-24-12/h3-8H,9H2,1-2H3. The van der Waals surface area contributed by atoms with E-state index in [1.807, 2.05) is 42.1 Å². The fourth-order valence-electron chi connectivity index (χ4n) is 2.29. The average molecular weight is 370 g/mol. The largest absolute Gasteiger partial charge is 0.334 e. The van der Waals surface area contributed by atoms with Crippen LogP contribution in [0.5, 0.6) is 0 Å². The van der Waals surface area contributed by atoms with Gasteiger partial charge in [0, 0.05) is 19.4 Å². The molecule has 0 saturated heterocycles. The lowest BCUT2D eigenvalue weighted by Crippen LogP contribution is -1.94. The van der Waals surface area contributed by atoms with Gasteiger partial charge in [0.05, 0.1) is 16.2 Å². The van der Waals surface area contributed by atoms with Gasteiger partial charge in [0.15, 0.2) is 16.8 Å². The van der Waals surface area contributed by atoms with Gasteiger partial charge in [-0.1, -0.05) is 23.0 Å². The predicted octanol–water partition coefficient (Wildman–Crippen LogP) is 3.59. The highest BCUT2D eigenvalue weighted by Crippen LogP contribution is 2.27. The highest BCUT2D eigenvalue weighted by atomic mass is 32.2. The Kier molecular flexibility index (Phi) is 4.33. The summed E-state index contributed by atoms with van der Waals surface area (Å²) in [7, 11) is 1.96. The van der Waals surface area contributed by atoms with Crippen molar-refractivity contribution in [2.24, 2.45) is 7.05 Å². The van der Waals surface area contributed by atoms with Crippen molar-refractivity contribution in [2.45, 2.75) is 17.8 Å². The van der Waals surface area contributed by atoms with Gasteiger partial charge in [0.1, 0.15) is 0 Å². The molecule has 0 aromatic carbocycles. The molecule has 0 unspecified atom stereocenters. The molecule has 0 atom stereocenters. The third kappa shape index (κ3) is 3.33. The first-order chi connectivity index (χ1) is 12.2. The van der Waals surface area contributed by atoms with Crippen LogP contribution in [0.3, 0.4) is 0 Å². The number of thiophene rings is 1. The van der Waals surface area contributed by atoms with Gasteiger partial charge >= 0.3 is 0 Å². The van der Waals surface area contributed by atoms with Crippen LogP contribution in [0.2, 0.25) is 0 Å². The zero-order valence-corrected chi connectivity index (χ0v) is 15.2. The molecule has 0 bridgehead atoms. The summed E-state index contributed by atoms with van der Waals surface area (Å²) in [4.78, 5) is 9.67. The Bertz CT molecular complexity index is 992. The lowest BCUT2D eigenvalue weighted by Gasteiger charge is -2.00. The number of aromatic nitrogens is 6. The minimum absolute atomic E-state index is 0.476. The van der Waals surface area contributed by atoms with Crippen LogP contribution in [0.15, 0.2) is 45.7 Å². The summed E-state index contributed by atoms with van der Waals surface area (Å²) in [5, 5.41) is 15.4. The lowest BCUT2D eigenvalue weighted by atomic mass is 10.2. The number of hydrogen-bond donors (Lipinski definition) is 0. The van der Waals surface area contributed by atoms with E-state index in [2.05, 4.69) is 25.3 Å². The first-order valence-electron chi connectivity index (χ1n) is 7.51. The summed E-state index contributed by atoms with van der Waals surface area (Å²) in [6.45, 7) is 1.98. The van der Waals surface area contributed by atoms with Gasteiger partial charge in [-0.25, -0.2) is 0 Å². The van der Waals surface area contributed by atoms with Gasteiger partial charge in [-0.05, 0) is 30.0 Å². The van der Waals surface area contributed by atoms with Crippen molar-refractivity contribution in [2.75, 3.05) is 0 Å². The number of hydrogen-bond acceptors (Lipinski definition) is 8. The molecule has 4 aromatic rings. The topological polar surface area (TPSA) is 82.5 Å². The van der Waals surface area contributed by atoms with Gasteiger partial charge in [-0.2, -0.15) is 4.98 Å². The molecule has 126 valence electrons. The average Bonchev–Trinajstić information content (AvgIpc) is 3.34. The van der Waals surface area contributed by atoms with Crippen LogP contribution in [0.1, 0.15) is 11.4 Å². The fourth-order valence-corrected chi connectivity index (χ4v) is 3.79. The van der Waals surface area contributed by atoms with E-state index in [0.29, 0.717) is 17.5 Å². The van der Waals surface area contributed by atoms with Crippen molar-refractivity contribution in [1.82, 2.24) is 29.9 Å². The Balaban J connectivity index is 1.48. The molecular formula is C16H14N6OS2. The molecule has 4 aromatic heterocycles. The number of rotatable bonds is 5. The summed E-state index contributed by atoms with van der Waals surface area (Å²) < 4.78 is 7.31. The maximum Gasteiger partial charge on any atom is 0.259 e. The molecule has 0 aliphatic carbocycles. The molecule has 25 heavy (non-hydrogen) atoms. The van der Waals surface area contributed by atoms with Crippen LogP contribution < -0.4 is 0 Å². The smallest absolute Gasteiger partial charge is 0.259 e. The third-order valence-electron chi connectivity index (χ3n) is 3.50. The Morgan fingerprint density at radius 3 is 3.00 bits per heavy atom. The highest BCUT2D eigenvalue weighted by molar-refractivity contribution is 7.98. The van der Waals surface area contributed by atoms with Crippen molar-refractivity contribution in [1.29, 1.82) is 0 Å². The van der Waals surface area contributed by atoms with E-state index in [1.165, 1.54) is 11.8 Å². The first kappa shape index (κ1) is 16.0. The molecule has 4 rings (SSSR count). The zero-order valence-electron chi connectivity index (χ0n) is 13.6. The van der Waals surface area contributed by atoms with E-state index >= 15 is 0 Å². The van der Waals surface area contributed by atoms with Crippen LogP contribution in [0.4, 0.5) is 0 Å². The van der Waals surface area contributed by atoms with E-state index in [9.17, 15) is 0 Å². The van der Waals surface area contributed by atoms with Crippen LogP contribution in [0.25, 0.3) is 22.2 Å². The Morgan fingerprint density at radius 1 is 1.28 bits per heavy atom. The van der Waals surface area contributed by atoms with Gasteiger partial charge in [0.25, 0.3) is 5.89 Å². The quantitative estimate of drug-likeness (QED) is 0.496.